The predicted octanol–water partition coefficient (Wildman–Crippen LogP) is 1.79. The average Bonchev–Trinajstić information content (AvgIpc) is 2.84. The molecule has 2 fully saturated rings. The maximum Gasteiger partial charge on any atom is 0.265 e. The molecule has 8 nitrogen and oxygen atoms in total. The van der Waals surface area contributed by atoms with E-state index in [0.29, 0.717) is 48.0 Å². The third-order valence-corrected chi connectivity index (χ3v) is 7.07. The SMILES string of the molecule is NC(=O)C1(N2CCCCC2)CCN(C(=O)c2cccn3c(=O)c4ccccc4nc23)CC1. The molecule has 0 spiro atoms. The van der Waals surface area contributed by atoms with Gasteiger partial charge in [-0.1, -0.05) is 18.6 Å². The van der Waals surface area contributed by atoms with Gasteiger partial charge in [0.1, 0.15) is 5.54 Å². The van der Waals surface area contributed by atoms with Crippen molar-refractivity contribution in [2.75, 3.05) is 26.2 Å². The van der Waals surface area contributed by atoms with Gasteiger partial charge in [0.25, 0.3) is 11.5 Å². The van der Waals surface area contributed by atoms with Crippen LogP contribution < -0.4 is 11.3 Å². The summed E-state index contributed by atoms with van der Waals surface area (Å²) in [6.07, 6.45) is 6.01. The van der Waals surface area contributed by atoms with E-state index >= 15 is 0 Å². The lowest BCUT2D eigenvalue weighted by molar-refractivity contribution is -0.134. The third kappa shape index (κ3) is 3.26. The van der Waals surface area contributed by atoms with Gasteiger partial charge in [-0.25, -0.2) is 4.98 Å². The number of fused-ring (bicyclic) bond motifs is 2. The Labute approximate surface area is 185 Å². The molecule has 1 aromatic carbocycles. The number of nitrogens with two attached hydrogens (primary N) is 1. The number of likely N-dealkylation sites (tertiary alicyclic amines) is 2. The van der Waals surface area contributed by atoms with E-state index in [0.717, 1.165) is 25.9 Å². The minimum Gasteiger partial charge on any atom is -0.368 e. The Balaban J connectivity index is 1.45. The second-order valence-corrected chi connectivity index (χ2v) is 8.79. The van der Waals surface area contributed by atoms with E-state index in [-0.39, 0.29) is 17.4 Å². The number of para-hydroxylation sites is 1. The molecule has 2 aliphatic rings. The van der Waals surface area contributed by atoms with Crippen molar-refractivity contribution in [3.05, 3.63) is 58.5 Å². The first-order valence-corrected chi connectivity index (χ1v) is 11.3. The molecule has 2 aromatic heterocycles. The minimum absolute atomic E-state index is 0.179. The highest BCUT2D eigenvalue weighted by Gasteiger charge is 2.46. The molecule has 5 rings (SSSR count). The summed E-state index contributed by atoms with van der Waals surface area (Å²) < 4.78 is 1.43. The zero-order chi connectivity index (χ0) is 22.3. The first-order chi connectivity index (χ1) is 15.5. The number of hydrogen-bond donors (Lipinski definition) is 1. The monoisotopic (exact) mass is 433 g/mol. The summed E-state index contributed by atoms with van der Waals surface area (Å²) >= 11 is 0. The Morgan fingerprint density at radius 3 is 2.38 bits per heavy atom. The number of piperidine rings is 2. The predicted molar refractivity (Wildman–Crippen MR) is 121 cm³/mol. The van der Waals surface area contributed by atoms with Crippen LogP contribution >= 0.6 is 0 Å². The van der Waals surface area contributed by atoms with Crippen LogP contribution in [0.5, 0.6) is 0 Å². The maximum atomic E-state index is 13.5. The Morgan fingerprint density at radius 2 is 1.66 bits per heavy atom. The van der Waals surface area contributed by atoms with E-state index in [9.17, 15) is 14.4 Å². The van der Waals surface area contributed by atoms with Gasteiger partial charge >= 0.3 is 0 Å². The van der Waals surface area contributed by atoms with Crippen molar-refractivity contribution in [1.82, 2.24) is 19.2 Å². The number of carbonyl (C=O) groups is 2. The van der Waals surface area contributed by atoms with E-state index < -0.39 is 5.54 Å². The molecule has 0 unspecified atom stereocenters. The van der Waals surface area contributed by atoms with E-state index in [4.69, 9.17) is 5.73 Å². The van der Waals surface area contributed by atoms with E-state index in [1.165, 1.54) is 10.8 Å². The first kappa shape index (κ1) is 20.6. The highest BCUT2D eigenvalue weighted by atomic mass is 16.2. The molecular formula is C24H27N5O3. The maximum absolute atomic E-state index is 13.5. The average molecular weight is 434 g/mol. The highest BCUT2D eigenvalue weighted by molar-refractivity contribution is 6.00. The number of aromatic nitrogens is 2. The lowest BCUT2D eigenvalue weighted by Crippen LogP contribution is -2.63. The standard InChI is InChI=1S/C24H27N5O3/c25-23(32)24(28-12-4-1-5-13-28)10-15-27(16-11-24)21(30)18-8-6-14-29-20(18)26-19-9-3-2-7-17(19)22(29)31/h2-3,6-9,14H,1,4-5,10-13,15-16H2,(H2,25,32). The Bertz CT molecular complexity index is 1250. The number of primary amides is 1. The molecule has 2 N–H and O–H groups in total. The molecular weight excluding hydrogens is 406 g/mol. The van der Waals surface area contributed by atoms with Gasteiger partial charge in [-0.05, 0) is 63.0 Å². The lowest BCUT2D eigenvalue weighted by Gasteiger charge is -2.48. The van der Waals surface area contributed by atoms with Gasteiger partial charge in [0.15, 0.2) is 5.65 Å². The summed E-state index contributed by atoms with van der Waals surface area (Å²) in [7, 11) is 0. The molecule has 2 saturated heterocycles. The number of carbonyl (C=O) groups excluding carboxylic acids is 2. The smallest absolute Gasteiger partial charge is 0.265 e. The molecule has 166 valence electrons. The number of pyridine rings is 1. The van der Waals surface area contributed by atoms with E-state index in [1.807, 2.05) is 6.07 Å². The Hall–Kier alpha value is -3.26. The third-order valence-electron chi connectivity index (χ3n) is 7.07. The zero-order valence-electron chi connectivity index (χ0n) is 18.0. The van der Waals surface area contributed by atoms with E-state index in [2.05, 4.69) is 9.88 Å². The molecule has 0 saturated carbocycles. The van der Waals surface area contributed by atoms with Crippen LogP contribution in [-0.2, 0) is 4.79 Å². The molecule has 0 bridgehead atoms. The van der Waals surface area contributed by atoms with Crippen molar-refractivity contribution in [1.29, 1.82) is 0 Å². The number of hydrogen-bond acceptors (Lipinski definition) is 5. The van der Waals surface area contributed by atoms with Crippen molar-refractivity contribution >= 4 is 28.4 Å². The first-order valence-electron chi connectivity index (χ1n) is 11.3. The van der Waals surface area contributed by atoms with Gasteiger partial charge in [0.05, 0.1) is 16.5 Å². The number of amides is 2. The minimum atomic E-state index is -0.679. The van der Waals surface area contributed by atoms with Gasteiger partial charge < -0.3 is 10.6 Å². The van der Waals surface area contributed by atoms with Crippen molar-refractivity contribution < 1.29 is 9.59 Å². The van der Waals surface area contributed by atoms with Crippen molar-refractivity contribution in [3.63, 3.8) is 0 Å². The topological polar surface area (TPSA) is 101 Å². The molecule has 2 amide bonds. The number of benzene rings is 1. The fourth-order valence-corrected chi connectivity index (χ4v) is 5.23. The summed E-state index contributed by atoms with van der Waals surface area (Å²) in [6.45, 7) is 2.63. The van der Waals surface area contributed by atoms with Crippen molar-refractivity contribution in [2.24, 2.45) is 5.73 Å². The summed E-state index contributed by atoms with van der Waals surface area (Å²) in [6, 6.07) is 10.5. The largest absolute Gasteiger partial charge is 0.368 e. The van der Waals surface area contributed by atoms with Gasteiger partial charge in [0.2, 0.25) is 5.91 Å². The van der Waals surface area contributed by atoms with Crippen LogP contribution in [0.4, 0.5) is 0 Å². The summed E-state index contributed by atoms with van der Waals surface area (Å²) in [5.74, 6) is -0.474. The molecule has 3 aromatic rings. The highest BCUT2D eigenvalue weighted by Crippen LogP contribution is 2.32. The van der Waals surface area contributed by atoms with Crippen molar-refractivity contribution in [2.45, 2.75) is 37.6 Å². The Kier molecular flexibility index (Phi) is 5.17. The zero-order valence-corrected chi connectivity index (χ0v) is 18.0. The fourth-order valence-electron chi connectivity index (χ4n) is 5.23. The quantitative estimate of drug-likeness (QED) is 0.635. The second kappa shape index (κ2) is 8.02. The van der Waals surface area contributed by atoms with Crippen LogP contribution in [0.25, 0.3) is 16.6 Å². The number of rotatable bonds is 3. The van der Waals surface area contributed by atoms with Gasteiger partial charge in [-0.15, -0.1) is 0 Å². The summed E-state index contributed by atoms with van der Waals surface area (Å²) in [5, 5.41) is 0.514. The molecule has 8 heteroatoms. The molecule has 2 aliphatic heterocycles. The van der Waals surface area contributed by atoms with Crippen LogP contribution in [-0.4, -0.2) is 62.7 Å². The molecule has 4 heterocycles. The van der Waals surface area contributed by atoms with Gasteiger partial charge in [-0.2, -0.15) is 0 Å². The molecule has 0 atom stereocenters. The van der Waals surface area contributed by atoms with Crippen LogP contribution in [0.15, 0.2) is 47.4 Å². The Morgan fingerprint density at radius 1 is 0.938 bits per heavy atom. The van der Waals surface area contributed by atoms with Gasteiger partial charge in [-0.3, -0.25) is 23.7 Å². The molecule has 0 aliphatic carbocycles. The molecule has 32 heavy (non-hydrogen) atoms. The van der Waals surface area contributed by atoms with Gasteiger partial charge in [0, 0.05) is 19.3 Å². The summed E-state index contributed by atoms with van der Waals surface area (Å²) in [4.78, 5) is 47.5. The normalized spacial score (nSPS) is 19.3. The second-order valence-electron chi connectivity index (χ2n) is 8.79. The van der Waals surface area contributed by atoms with E-state index in [1.54, 1.807) is 41.4 Å². The molecule has 0 radical (unpaired) electrons. The van der Waals surface area contributed by atoms with Crippen LogP contribution in [0.3, 0.4) is 0 Å². The lowest BCUT2D eigenvalue weighted by atomic mass is 9.83. The van der Waals surface area contributed by atoms with Crippen molar-refractivity contribution in [3.8, 4) is 0 Å². The fraction of sp³-hybridized carbons (Fsp3) is 0.417. The summed E-state index contributed by atoms with van der Waals surface area (Å²) in [5.41, 5.74) is 6.30. The van der Waals surface area contributed by atoms with Crippen LogP contribution in [0, 0.1) is 0 Å². The number of nitrogens with zero attached hydrogens (tertiary/aromatic N) is 4. The van der Waals surface area contributed by atoms with Crippen LogP contribution in [0.1, 0.15) is 42.5 Å². The van der Waals surface area contributed by atoms with Crippen LogP contribution in [0.2, 0.25) is 0 Å².